The minimum Gasteiger partial charge on any atom is -0.454 e. The fourth-order valence-corrected chi connectivity index (χ4v) is 2.33. The Morgan fingerprint density at radius 2 is 1.79 bits per heavy atom. The Balaban J connectivity index is 2.47. The van der Waals surface area contributed by atoms with E-state index >= 15 is 0 Å². The van der Waals surface area contributed by atoms with Gasteiger partial charge in [0.2, 0.25) is 5.91 Å². The van der Waals surface area contributed by atoms with E-state index in [1.54, 1.807) is 18.2 Å². The number of carbonyl (C=O) groups excluding carboxylic acids is 4. The molecule has 1 atom stereocenters. The molecule has 0 aliphatic heterocycles. The molecule has 0 fully saturated rings. The maximum absolute atomic E-state index is 12.1. The van der Waals surface area contributed by atoms with Gasteiger partial charge >= 0.3 is 5.97 Å². The zero-order valence-corrected chi connectivity index (χ0v) is 17.4. The van der Waals surface area contributed by atoms with Crippen LogP contribution in [0.1, 0.15) is 38.1 Å². The molecule has 1 aromatic carbocycles. The molecule has 0 bridgehead atoms. The van der Waals surface area contributed by atoms with Gasteiger partial charge in [0, 0.05) is 12.6 Å². The summed E-state index contributed by atoms with van der Waals surface area (Å²) in [6.07, 6.45) is 0. The lowest BCUT2D eigenvalue weighted by Gasteiger charge is -2.23. The average Bonchev–Trinajstić information content (AvgIpc) is 2.57. The van der Waals surface area contributed by atoms with Crippen LogP contribution in [-0.4, -0.2) is 60.4 Å². The summed E-state index contributed by atoms with van der Waals surface area (Å²) in [5, 5.41) is 5.45. The molecule has 28 heavy (non-hydrogen) atoms. The second-order valence-corrected chi connectivity index (χ2v) is 7.74. The lowest BCUT2D eigenvalue weighted by atomic mass is 10.1. The van der Waals surface area contributed by atoms with Crippen molar-refractivity contribution in [3.8, 4) is 0 Å². The normalized spacial score (nSPS) is 11.9. The molecule has 0 saturated carbocycles. The van der Waals surface area contributed by atoms with Crippen LogP contribution in [0.2, 0.25) is 5.02 Å². The molecule has 1 rings (SSSR count). The quantitative estimate of drug-likeness (QED) is 0.659. The van der Waals surface area contributed by atoms with Crippen molar-refractivity contribution in [2.24, 2.45) is 0 Å². The Hall–Kier alpha value is -2.61. The number of nitrogens with one attached hydrogen (secondary N) is 2. The molecule has 0 spiro atoms. The van der Waals surface area contributed by atoms with Crippen molar-refractivity contribution < 1.29 is 23.9 Å². The number of esters is 1. The topological polar surface area (TPSA) is 105 Å². The second kappa shape index (κ2) is 10.1. The van der Waals surface area contributed by atoms with Gasteiger partial charge in [-0.25, -0.2) is 4.79 Å². The number of halogens is 1. The lowest BCUT2D eigenvalue weighted by molar-refractivity contribution is -0.153. The molecule has 0 aromatic heterocycles. The van der Waals surface area contributed by atoms with Crippen LogP contribution in [0.25, 0.3) is 0 Å². The molecular formula is C19H26ClN3O5. The standard InChI is InChI=1S/C19H26ClN3O5/c1-12(21-17(26)13-8-6-7-9-14(13)20)18(27)28-11-16(25)23(5)10-15(24)22-19(2,3)4/h6-9,12H,10-11H2,1-5H3,(H,21,26)(H,22,24)/t12-/m0/s1. The third kappa shape index (κ3) is 7.96. The van der Waals surface area contributed by atoms with Gasteiger partial charge in [-0.15, -0.1) is 0 Å². The molecule has 0 aliphatic carbocycles. The second-order valence-electron chi connectivity index (χ2n) is 7.33. The highest BCUT2D eigenvalue weighted by Crippen LogP contribution is 2.14. The summed E-state index contributed by atoms with van der Waals surface area (Å²) >= 11 is 5.94. The number of nitrogens with zero attached hydrogens (tertiary/aromatic N) is 1. The van der Waals surface area contributed by atoms with Crippen molar-refractivity contribution in [3.63, 3.8) is 0 Å². The molecule has 0 radical (unpaired) electrons. The van der Waals surface area contributed by atoms with Crippen LogP contribution in [0.3, 0.4) is 0 Å². The molecule has 154 valence electrons. The van der Waals surface area contributed by atoms with Gasteiger partial charge in [-0.3, -0.25) is 14.4 Å². The fraction of sp³-hybridized carbons (Fsp3) is 0.474. The molecule has 0 saturated heterocycles. The number of benzene rings is 1. The SMILES string of the molecule is C[C@H](NC(=O)c1ccccc1Cl)C(=O)OCC(=O)N(C)CC(=O)NC(C)(C)C. The minimum atomic E-state index is -0.980. The predicted octanol–water partition coefficient (Wildman–Crippen LogP) is 1.37. The highest BCUT2D eigenvalue weighted by molar-refractivity contribution is 6.33. The van der Waals surface area contributed by atoms with E-state index in [9.17, 15) is 19.2 Å². The maximum Gasteiger partial charge on any atom is 0.328 e. The van der Waals surface area contributed by atoms with Gasteiger partial charge in [0.15, 0.2) is 6.61 Å². The summed E-state index contributed by atoms with van der Waals surface area (Å²) < 4.78 is 4.93. The largest absolute Gasteiger partial charge is 0.454 e. The Kier molecular flexibility index (Phi) is 8.43. The fourth-order valence-electron chi connectivity index (χ4n) is 2.11. The van der Waals surface area contributed by atoms with Crippen molar-refractivity contribution in [1.29, 1.82) is 0 Å². The molecule has 9 heteroatoms. The molecule has 0 aliphatic rings. The van der Waals surface area contributed by atoms with E-state index in [4.69, 9.17) is 16.3 Å². The minimum absolute atomic E-state index is 0.160. The van der Waals surface area contributed by atoms with Crippen molar-refractivity contribution >= 4 is 35.3 Å². The zero-order valence-electron chi connectivity index (χ0n) is 16.7. The van der Waals surface area contributed by atoms with Crippen molar-refractivity contribution in [2.45, 2.75) is 39.3 Å². The molecule has 1 aromatic rings. The molecular weight excluding hydrogens is 386 g/mol. The first-order valence-electron chi connectivity index (χ1n) is 8.67. The van der Waals surface area contributed by atoms with Crippen LogP contribution >= 0.6 is 11.6 Å². The van der Waals surface area contributed by atoms with E-state index in [2.05, 4.69) is 10.6 Å². The van der Waals surface area contributed by atoms with Gasteiger partial charge in [0.25, 0.3) is 11.8 Å². The number of ether oxygens (including phenoxy) is 1. The lowest BCUT2D eigenvalue weighted by Crippen LogP contribution is -2.47. The smallest absolute Gasteiger partial charge is 0.328 e. The summed E-state index contributed by atoms with van der Waals surface area (Å²) in [7, 11) is 1.43. The highest BCUT2D eigenvalue weighted by Gasteiger charge is 2.22. The number of amides is 3. The number of hydrogen-bond donors (Lipinski definition) is 2. The molecule has 0 heterocycles. The van der Waals surface area contributed by atoms with E-state index in [0.717, 1.165) is 4.90 Å². The first kappa shape index (κ1) is 23.4. The van der Waals surface area contributed by atoms with Crippen LogP contribution in [0.4, 0.5) is 0 Å². The van der Waals surface area contributed by atoms with E-state index in [-0.39, 0.29) is 23.0 Å². The van der Waals surface area contributed by atoms with Crippen LogP contribution in [0, 0.1) is 0 Å². The van der Waals surface area contributed by atoms with Crippen LogP contribution in [0.5, 0.6) is 0 Å². The van der Waals surface area contributed by atoms with Gasteiger partial charge in [-0.2, -0.15) is 0 Å². The first-order valence-corrected chi connectivity index (χ1v) is 9.05. The first-order chi connectivity index (χ1) is 12.9. The van der Waals surface area contributed by atoms with Gasteiger partial charge in [0.05, 0.1) is 17.1 Å². The molecule has 0 unspecified atom stereocenters. The monoisotopic (exact) mass is 411 g/mol. The van der Waals surface area contributed by atoms with Crippen molar-refractivity contribution in [2.75, 3.05) is 20.2 Å². The molecule has 2 N–H and O–H groups in total. The average molecular weight is 412 g/mol. The van der Waals surface area contributed by atoms with Gasteiger partial charge in [-0.05, 0) is 39.8 Å². The maximum atomic E-state index is 12.1. The van der Waals surface area contributed by atoms with Crippen molar-refractivity contribution in [1.82, 2.24) is 15.5 Å². The predicted molar refractivity (Wildman–Crippen MR) is 105 cm³/mol. The van der Waals surface area contributed by atoms with Crippen LogP contribution < -0.4 is 10.6 Å². The van der Waals surface area contributed by atoms with E-state index in [0.29, 0.717) is 0 Å². The van der Waals surface area contributed by atoms with Crippen LogP contribution in [-0.2, 0) is 19.1 Å². The van der Waals surface area contributed by atoms with Crippen LogP contribution in [0.15, 0.2) is 24.3 Å². The number of likely N-dealkylation sites (N-methyl/N-ethyl adjacent to an activating group) is 1. The molecule has 3 amide bonds. The number of carbonyl (C=O) groups is 4. The Morgan fingerprint density at radius 3 is 2.36 bits per heavy atom. The van der Waals surface area contributed by atoms with Crippen molar-refractivity contribution in [3.05, 3.63) is 34.9 Å². The summed E-state index contributed by atoms with van der Waals surface area (Å²) in [6, 6.07) is 5.43. The van der Waals surface area contributed by atoms with E-state index in [1.165, 1.54) is 20.0 Å². The third-order valence-corrected chi connectivity index (χ3v) is 3.81. The summed E-state index contributed by atoms with van der Waals surface area (Å²) in [4.78, 5) is 49.2. The number of hydrogen-bond acceptors (Lipinski definition) is 5. The van der Waals surface area contributed by atoms with E-state index in [1.807, 2.05) is 20.8 Å². The Labute approximate surface area is 169 Å². The highest BCUT2D eigenvalue weighted by atomic mass is 35.5. The van der Waals surface area contributed by atoms with Gasteiger partial charge < -0.3 is 20.3 Å². The van der Waals surface area contributed by atoms with Gasteiger partial charge in [-0.1, -0.05) is 23.7 Å². The summed E-state index contributed by atoms with van der Waals surface area (Å²) in [5.74, 6) is -2.17. The Morgan fingerprint density at radius 1 is 1.18 bits per heavy atom. The zero-order chi connectivity index (χ0) is 21.5. The third-order valence-electron chi connectivity index (χ3n) is 3.48. The molecule has 8 nitrogen and oxygen atoms in total. The van der Waals surface area contributed by atoms with Gasteiger partial charge in [0.1, 0.15) is 6.04 Å². The van der Waals surface area contributed by atoms with E-state index < -0.39 is 36.0 Å². The summed E-state index contributed by atoms with van der Waals surface area (Å²) in [5.41, 5.74) is -0.188. The Bertz CT molecular complexity index is 745. The summed E-state index contributed by atoms with van der Waals surface area (Å²) in [6.45, 7) is 6.21. The number of rotatable bonds is 7.